The van der Waals surface area contributed by atoms with Gasteiger partial charge in [0.2, 0.25) is 11.6 Å². The summed E-state index contributed by atoms with van der Waals surface area (Å²) in [5.74, 6) is 3.40. The number of ketones is 2. The predicted molar refractivity (Wildman–Crippen MR) is 126 cm³/mol. The van der Waals surface area contributed by atoms with E-state index in [9.17, 15) is 19.2 Å². The van der Waals surface area contributed by atoms with Crippen molar-refractivity contribution in [3.63, 3.8) is 0 Å². The number of carbonyl (C=O) groups is 4. The van der Waals surface area contributed by atoms with E-state index in [2.05, 4.69) is 9.72 Å². The molecule has 1 aromatic carbocycles. The Morgan fingerprint density at radius 1 is 1.17 bits per heavy atom. The molecule has 0 fully saturated rings. The summed E-state index contributed by atoms with van der Waals surface area (Å²) in [4.78, 5) is 54.2. The second kappa shape index (κ2) is 9.84. The van der Waals surface area contributed by atoms with Gasteiger partial charge in [0, 0.05) is 24.5 Å². The van der Waals surface area contributed by atoms with Gasteiger partial charge < -0.3 is 24.6 Å². The van der Waals surface area contributed by atoms with Crippen LogP contribution in [0.3, 0.4) is 0 Å². The third-order valence-electron chi connectivity index (χ3n) is 5.47. The molecular weight excluding hydrogens is 468 g/mol. The molecule has 2 heterocycles. The number of hydrazine groups is 1. The molecule has 0 radical (unpaired) electrons. The van der Waals surface area contributed by atoms with Crippen molar-refractivity contribution >= 4 is 29.2 Å². The van der Waals surface area contributed by atoms with Gasteiger partial charge in [0.05, 0.1) is 30.4 Å². The average molecular weight is 490 g/mol. The smallest absolute Gasteiger partial charge is 0.347 e. The number of nitrogens with two attached hydrogens (primary N) is 2. The van der Waals surface area contributed by atoms with Crippen molar-refractivity contribution in [1.82, 2.24) is 9.99 Å². The summed E-state index contributed by atoms with van der Waals surface area (Å²) >= 11 is 0. The molecule has 4 N–H and O–H groups in total. The number of hydrogen-bond acceptors (Lipinski definition) is 11. The number of nitrogens with zero attached hydrogens (tertiary/aromatic N) is 2. The van der Waals surface area contributed by atoms with Crippen LogP contribution in [0.1, 0.15) is 60.3 Å². The average Bonchev–Trinajstić information content (AvgIpc) is 3.23. The minimum atomic E-state index is -0.878. The molecular formula is C25H22N4O7. The molecule has 2 aromatic heterocycles. The van der Waals surface area contributed by atoms with Crippen LogP contribution in [0.15, 0.2) is 53.2 Å². The molecule has 1 aliphatic carbocycles. The zero-order chi connectivity index (χ0) is 26.0. The fourth-order valence-electron chi connectivity index (χ4n) is 3.71. The van der Waals surface area contributed by atoms with Gasteiger partial charge in [0.25, 0.3) is 0 Å². The van der Waals surface area contributed by atoms with E-state index in [1.54, 1.807) is 12.1 Å². The Bertz CT molecular complexity index is 1420. The van der Waals surface area contributed by atoms with E-state index in [0.717, 1.165) is 0 Å². The summed E-state index contributed by atoms with van der Waals surface area (Å²) in [6.07, 6.45) is 2.89. The fraction of sp³-hybridized carbons (Fsp3) is 0.160. The molecule has 184 valence electrons. The Morgan fingerprint density at radius 3 is 2.69 bits per heavy atom. The van der Waals surface area contributed by atoms with E-state index in [-0.39, 0.29) is 58.3 Å². The van der Waals surface area contributed by atoms with Gasteiger partial charge in [-0.25, -0.2) is 10.6 Å². The first-order chi connectivity index (χ1) is 17.2. The predicted octanol–water partition coefficient (Wildman–Crippen LogP) is 1.97. The van der Waals surface area contributed by atoms with E-state index >= 15 is 0 Å². The molecule has 36 heavy (non-hydrogen) atoms. The van der Waals surface area contributed by atoms with Crippen molar-refractivity contribution in [2.24, 2.45) is 11.6 Å². The maximum atomic E-state index is 13.1. The Hall–Kier alpha value is -4.77. The van der Waals surface area contributed by atoms with E-state index in [1.807, 2.05) is 0 Å². The standard InChI is InChI=1S/C25H22N4O7/c1-13-19(20-23(32)21-16(7-4-9-28-21)22(31)24(20)35-13)25(33)36-15-6-3-5-14(11-15)17(26)12-29(27)10-8-18(30)34-2/h3-7,9,11-12H,8,10,26-27H2,1-2H3/b17-12-. The van der Waals surface area contributed by atoms with Crippen LogP contribution >= 0.6 is 0 Å². The van der Waals surface area contributed by atoms with Crippen LogP contribution in [-0.2, 0) is 9.53 Å². The van der Waals surface area contributed by atoms with E-state index < -0.39 is 23.5 Å². The molecule has 11 nitrogen and oxygen atoms in total. The molecule has 1 aliphatic rings. The lowest BCUT2D eigenvalue weighted by Gasteiger charge is -2.15. The van der Waals surface area contributed by atoms with Gasteiger partial charge in [0.15, 0.2) is 5.76 Å². The first kappa shape index (κ1) is 24.4. The van der Waals surface area contributed by atoms with Crippen LogP contribution in [0.2, 0.25) is 0 Å². The highest BCUT2D eigenvalue weighted by Gasteiger charge is 2.39. The number of aromatic nitrogens is 1. The Kier molecular flexibility index (Phi) is 6.66. The van der Waals surface area contributed by atoms with E-state index in [0.29, 0.717) is 5.56 Å². The maximum absolute atomic E-state index is 13.1. The number of rotatable bonds is 7. The van der Waals surface area contributed by atoms with Gasteiger partial charge in [-0.2, -0.15) is 0 Å². The summed E-state index contributed by atoms with van der Waals surface area (Å²) < 4.78 is 15.6. The molecule has 11 heteroatoms. The highest BCUT2D eigenvalue weighted by atomic mass is 16.5. The third-order valence-corrected chi connectivity index (χ3v) is 5.47. The Morgan fingerprint density at radius 2 is 1.94 bits per heavy atom. The van der Waals surface area contributed by atoms with E-state index in [1.165, 1.54) is 55.7 Å². The molecule has 0 saturated carbocycles. The lowest BCUT2D eigenvalue weighted by Crippen LogP contribution is -2.29. The van der Waals surface area contributed by atoms with Gasteiger partial charge >= 0.3 is 11.9 Å². The number of hydrogen-bond donors (Lipinski definition) is 2. The molecule has 0 saturated heterocycles. The number of aryl methyl sites for hydroxylation is 1. The molecule has 0 amide bonds. The van der Waals surface area contributed by atoms with Crippen LogP contribution in [0.5, 0.6) is 5.75 Å². The fourth-order valence-corrected chi connectivity index (χ4v) is 3.71. The van der Waals surface area contributed by atoms with Crippen LogP contribution in [0, 0.1) is 6.92 Å². The van der Waals surface area contributed by atoms with Crippen molar-refractivity contribution in [2.45, 2.75) is 13.3 Å². The molecule has 0 atom stereocenters. The van der Waals surface area contributed by atoms with Crippen LogP contribution < -0.4 is 16.3 Å². The minimum absolute atomic E-state index is 0.0525. The Balaban J connectivity index is 1.57. The number of furan rings is 1. The van der Waals surface area contributed by atoms with Crippen molar-refractivity contribution in [3.8, 4) is 5.75 Å². The Labute approximate surface area is 205 Å². The normalized spacial score (nSPS) is 12.6. The third kappa shape index (κ3) is 4.59. The zero-order valence-electron chi connectivity index (χ0n) is 19.4. The number of fused-ring (bicyclic) bond motifs is 2. The second-order valence-electron chi connectivity index (χ2n) is 7.86. The van der Waals surface area contributed by atoms with Crippen LogP contribution in [0.4, 0.5) is 0 Å². The molecule has 3 aromatic rings. The zero-order valence-corrected chi connectivity index (χ0v) is 19.4. The summed E-state index contributed by atoms with van der Waals surface area (Å²) in [7, 11) is 1.28. The minimum Gasteiger partial charge on any atom is -0.469 e. The summed E-state index contributed by atoms with van der Waals surface area (Å²) in [5.41, 5.74) is 6.58. The quantitative estimate of drug-likeness (QED) is 0.168. The SMILES string of the molecule is COC(=O)CCN(N)/C=C(\N)c1cccc(OC(=O)c2c(C)oc3c2C(=O)c2ncccc2C3=O)c1. The van der Waals surface area contributed by atoms with Crippen LogP contribution in [0.25, 0.3) is 5.70 Å². The number of ether oxygens (including phenoxy) is 2. The monoisotopic (exact) mass is 490 g/mol. The van der Waals surface area contributed by atoms with Gasteiger partial charge in [-0.15, -0.1) is 0 Å². The molecule has 0 spiro atoms. The van der Waals surface area contributed by atoms with Gasteiger partial charge in [-0.3, -0.25) is 19.4 Å². The van der Waals surface area contributed by atoms with Gasteiger partial charge in [-0.1, -0.05) is 12.1 Å². The first-order valence-corrected chi connectivity index (χ1v) is 10.8. The number of benzene rings is 1. The number of esters is 2. The van der Waals surface area contributed by atoms with Crippen molar-refractivity contribution in [1.29, 1.82) is 0 Å². The van der Waals surface area contributed by atoms with Crippen molar-refractivity contribution in [2.75, 3.05) is 13.7 Å². The number of carbonyl (C=O) groups excluding carboxylic acids is 4. The summed E-state index contributed by atoms with van der Waals surface area (Å²) in [6, 6.07) is 9.33. The van der Waals surface area contributed by atoms with Crippen molar-refractivity contribution < 1.29 is 33.1 Å². The summed E-state index contributed by atoms with van der Waals surface area (Å²) in [6.45, 7) is 1.65. The molecule has 0 aliphatic heterocycles. The molecule has 4 rings (SSSR count). The molecule has 0 unspecified atom stereocenters. The lowest BCUT2D eigenvalue weighted by molar-refractivity contribution is -0.140. The van der Waals surface area contributed by atoms with E-state index in [4.69, 9.17) is 20.7 Å². The van der Waals surface area contributed by atoms with Gasteiger partial charge in [-0.05, 0) is 31.2 Å². The lowest BCUT2D eigenvalue weighted by atomic mass is 9.90. The summed E-state index contributed by atoms with van der Waals surface area (Å²) in [5, 5.41) is 1.24. The second-order valence-corrected chi connectivity index (χ2v) is 7.86. The number of methoxy groups -OCH3 is 1. The van der Waals surface area contributed by atoms with Gasteiger partial charge in [0.1, 0.15) is 22.8 Å². The first-order valence-electron chi connectivity index (χ1n) is 10.8. The largest absolute Gasteiger partial charge is 0.469 e. The topological polar surface area (TPSA) is 168 Å². The highest BCUT2D eigenvalue weighted by Crippen LogP contribution is 2.33. The number of pyridine rings is 1. The van der Waals surface area contributed by atoms with Crippen molar-refractivity contribution in [3.05, 3.63) is 88.3 Å². The van der Waals surface area contributed by atoms with Crippen LogP contribution in [-0.4, -0.2) is 47.2 Å². The highest BCUT2D eigenvalue weighted by molar-refractivity contribution is 6.29. The molecule has 0 bridgehead atoms. The maximum Gasteiger partial charge on any atom is 0.347 e.